The highest BCUT2D eigenvalue weighted by Crippen LogP contribution is 2.35. The van der Waals surface area contributed by atoms with Crippen LogP contribution in [0.1, 0.15) is 39.5 Å². The Balaban J connectivity index is 1.68. The Morgan fingerprint density at radius 2 is 1.89 bits per heavy atom. The van der Waals surface area contributed by atoms with Gasteiger partial charge in [-0.25, -0.2) is 9.67 Å². The maximum atomic E-state index is 13.7. The normalized spacial score (nSPS) is 14.0. The number of nitrogens with one attached hydrogen (secondary N) is 1. The Kier molecular flexibility index (Phi) is 4.47. The van der Waals surface area contributed by atoms with Crippen LogP contribution < -0.4 is 5.32 Å². The largest absolute Gasteiger partial charge is 0.434 e. The Morgan fingerprint density at radius 1 is 1.15 bits per heavy atom. The number of aryl methyl sites for hydroxylation is 2. The highest BCUT2D eigenvalue weighted by Gasteiger charge is 2.40. The number of carbonyl (C=O) groups is 1. The number of anilines is 1. The van der Waals surface area contributed by atoms with Crippen LogP contribution in [0.4, 0.5) is 18.3 Å². The molecule has 9 heteroatoms. The van der Waals surface area contributed by atoms with Crippen molar-refractivity contribution in [2.75, 3.05) is 5.32 Å². The van der Waals surface area contributed by atoms with Crippen LogP contribution in [0.2, 0.25) is 0 Å². The summed E-state index contributed by atoms with van der Waals surface area (Å²) in [6.45, 7) is 0. The van der Waals surface area contributed by atoms with Gasteiger partial charge in [-0.2, -0.15) is 18.3 Å². The molecular weight excluding hydrogens is 377 g/mol. The first-order valence-corrected chi connectivity index (χ1v) is 9.25. The number of amides is 1. The summed E-state index contributed by atoms with van der Waals surface area (Å²) in [7, 11) is 0. The van der Waals surface area contributed by atoms with Crippen molar-refractivity contribution >= 4 is 22.4 Å². The average Bonchev–Trinajstić information content (AvgIpc) is 3.26. The first-order chi connectivity index (χ1) is 12.9. The monoisotopic (exact) mass is 392 g/mol. The summed E-state index contributed by atoms with van der Waals surface area (Å²) in [6.07, 6.45) is 0.0285. The van der Waals surface area contributed by atoms with Crippen LogP contribution in [0.25, 0.3) is 5.69 Å². The van der Waals surface area contributed by atoms with Crippen LogP contribution >= 0.6 is 11.3 Å². The Hall–Kier alpha value is -2.68. The van der Waals surface area contributed by atoms with E-state index in [-0.39, 0.29) is 5.69 Å². The Morgan fingerprint density at radius 3 is 2.59 bits per heavy atom. The molecule has 1 N–H and O–H groups in total. The molecule has 0 saturated carbocycles. The number of benzene rings is 1. The fourth-order valence-corrected chi connectivity index (χ4v) is 4.17. The quantitative estimate of drug-likeness (QED) is 0.715. The molecule has 2 heterocycles. The van der Waals surface area contributed by atoms with Gasteiger partial charge in [0.2, 0.25) is 0 Å². The van der Waals surface area contributed by atoms with Gasteiger partial charge in [-0.05, 0) is 37.8 Å². The lowest BCUT2D eigenvalue weighted by Gasteiger charge is -2.12. The topological polar surface area (TPSA) is 59.8 Å². The van der Waals surface area contributed by atoms with E-state index < -0.39 is 23.3 Å². The summed E-state index contributed by atoms with van der Waals surface area (Å²) in [5, 5.41) is 6.63. The summed E-state index contributed by atoms with van der Waals surface area (Å²) in [5.41, 5.74) is -0.474. The summed E-state index contributed by atoms with van der Waals surface area (Å²) < 4.78 is 41.7. The molecule has 0 atom stereocenters. The van der Waals surface area contributed by atoms with Gasteiger partial charge in [0, 0.05) is 4.88 Å². The zero-order valence-electron chi connectivity index (χ0n) is 14.1. The van der Waals surface area contributed by atoms with Gasteiger partial charge in [-0.1, -0.05) is 18.2 Å². The molecule has 1 amide bonds. The molecule has 1 aliphatic rings. The molecular formula is C18H15F3N4OS. The second-order valence-corrected chi connectivity index (χ2v) is 7.29. The zero-order chi connectivity index (χ0) is 19.0. The van der Waals surface area contributed by atoms with E-state index in [1.165, 1.54) is 23.5 Å². The summed E-state index contributed by atoms with van der Waals surface area (Å²) in [5.74, 6) is -0.865. The number of rotatable bonds is 3. The molecule has 0 fully saturated rings. The number of hydrogen-bond donors (Lipinski definition) is 1. The van der Waals surface area contributed by atoms with Crippen molar-refractivity contribution in [3.8, 4) is 5.69 Å². The number of thiazole rings is 1. The highest BCUT2D eigenvalue weighted by molar-refractivity contribution is 7.15. The highest BCUT2D eigenvalue weighted by atomic mass is 32.1. The second-order valence-electron chi connectivity index (χ2n) is 6.20. The van der Waals surface area contributed by atoms with E-state index in [1.54, 1.807) is 18.2 Å². The maximum absolute atomic E-state index is 13.7. The third kappa shape index (κ3) is 3.46. The van der Waals surface area contributed by atoms with E-state index in [4.69, 9.17) is 0 Å². The standard InChI is InChI=1S/C18H15F3N4OS/c19-18(20,21)15-12(10-22-25(15)11-6-2-1-3-7-11)16(26)24-17-23-13-8-4-5-9-14(13)27-17/h1-3,6-7,10H,4-5,8-9H2,(H,23,24,26). The van der Waals surface area contributed by atoms with E-state index in [2.05, 4.69) is 15.4 Å². The molecule has 5 nitrogen and oxygen atoms in total. The summed E-state index contributed by atoms with van der Waals surface area (Å²) in [4.78, 5) is 18.0. The predicted molar refractivity (Wildman–Crippen MR) is 95.3 cm³/mol. The van der Waals surface area contributed by atoms with Crippen LogP contribution in [0.15, 0.2) is 36.5 Å². The molecule has 140 valence electrons. The minimum atomic E-state index is -4.73. The Bertz CT molecular complexity index is 955. The van der Waals surface area contributed by atoms with Gasteiger partial charge >= 0.3 is 6.18 Å². The number of alkyl halides is 3. The van der Waals surface area contributed by atoms with Crippen molar-refractivity contribution in [1.82, 2.24) is 14.8 Å². The number of fused-ring (bicyclic) bond motifs is 1. The maximum Gasteiger partial charge on any atom is 0.434 e. The Labute approximate surface area is 156 Å². The summed E-state index contributed by atoms with van der Waals surface area (Å²) in [6, 6.07) is 7.91. The lowest BCUT2D eigenvalue weighted by molar-refractivity contribution is -0.143. The fraction of sp³-hybridized carbons (Fsp3) is 0.278. The third-order valence-electron chi connectivity index (χ3n) is 4.35. The fourth-order valence-electron chi connectivity index (χ4n) is 3.12. The van der Waals surface area contributed by atoms with Crippen molar-refractivity contribution < 1.29 is 18.0 Å². The van der Waals surface area contributed by atoms with Gasteiger partial charge in [-0.15, -0.1) is 11.3 Å². The lowest BCUT2D eigenvalue weighted by Crippen LogP contribution is -2.20. The molecule has 0 bridgehead atoms. The first-order valence-electron chi connectivity index (χ1n) is 8.44. The molecule has 0 radical (unpaired) electrons. The minimum Gasteiger partial charge on any atom is -0.298 e. The van der Waals surface area contributed by atoms with Crippen LogP contribution in [-0.2, 0) is 19.0 Å². The van der Waals surface area contributed by atoms with Crippen molar-refractivity contribution in [3.05, 3.63) is 58.4 Å². The molecule has 0 spiro atoms. The lowest BCUT2D eigenvalue weighted by atomic mass is 10.0. The molecule has 0 aliphatic heterocycles. The van der Waals surface area contributed by atoms with E-state index in [0.717, 1.165) is 47.1 Å². The molecule has 4 rings (SSSR count). The van der Waals surface area contributed by atoms with Crippen LogP contribution in [0.5, 0.6) is 0 Å². The van der Waals surface area contributed by atoms with Crippen molar-refractivity contribution in [2.45, 2.75) is 31.9 Å². The third-order valence-corrected chi connectivity index (χ3v) is 5.42. The van der Waals surface area contributed by atoms with E-state index in [9.17, 15) is 18.0 Å². The van der Waals surface area contributed by atoms with Crippen molar-refractivity contribution in [3.63, 3.8) is 0 Å². The zero-order valence-corrected chi connectivity index (χ0v) is 14.9. The van der Waals surface area contributed by atoms with Gasteiger partial charge in [0.1, 0.15) is 0 Å². The first kappa shape index (κ1) is 17.7. The molecule has 0 saturated heterocycles. The van der Waals surface area contributed by atoms with Crippen LogP contribution in [-0.4, -0.2) is 20.7 Å². The van der Waals surface area contributed by atoms with Gasteiger partial charge in [-0.3, -0.25) is 10.1 Å². The number of halogens is 3. The second kappa shape index (κ2) is 6.80. The molecule has 3 aromatic rings. The number of carbonyl (C=O) groups excluding carboxylic acids is 1. The van der Waals surface area contributed by atoms with Gasteiger partial charge in [0.15, 0.2) is 10.8 Å². The van der Waals surface area contributed by atoms with Crippen LogP contribution in [0.3, 0.4) is 0 Å². The molecule has 1 aliphatic carbocycles. The van der Waals surface area contributed by atoms with Crippen LogP contribution in [0, 0.1) is 0 Å². The van der Waals surface area contributed by atoms with Gasteiger partial charge in [0.05, 0.1) is 23.1 Å². The van der Waals surface area contributed by atoms with Gasteiger partial charge < -0.3 is 0 Å². The molecule has 27 heavy (non-hydrogen) atoms. The minimum absolute atomic E-state index is 0.230. The average molecular weight is 392 g/mol. The van der Waals surface area contributed by atoms with E-state index in [0.29, 0.717) is 5.13 Å². The summed E-state index contributed by atoms with van der Waals surface area (Å²) >= 11 is 1.32. The van der Waals surface area contributed by atoms with Gasteiger partial charge in [0.25, 0.3) is 5.91 Å². The van der Waals surface area contributed by atoms with Crippen molar-refractivity contribution in [1.29, 1.82) is 0 Å². The number of aromatic nitrogens is 3. The molecule has 2 aromatic heterocycles. The number of hydrogen-bond acceptors (Lipinski definition) is 4. The smallest absolute Gasteiger partial charge is 0.298 e. The molecule has 0 unspecified atom stereocenters. The number of nitrogens with zero attached hydrogens (tertiary/aromatic N) is 3. The molecule has 1 aromatic carbocycles. The number of para-hydroxylation sites is 1. The SMILES string of the molecule is O=C(Nc1nc2c(s1)CCCC2)c1cnn(-c2ccccc2)c1C(F)(F)F. The van der Waals surface area contributed by atoms with Crippen molar-refractivity contribution in [2.24, 2.45) is 0 Å². The van der Waals surface area contributed by atoms with E-state index >= 15 is 0 Å². The predicted octanol–water partition coefficient (Wildman–Crippen LogP) is 4.48. The van der Waals surface area contributed by atoms with E-state index in [1.807, 2.05) is 0 Å².